The first kappa shape index (κ1) is 15.3. The van der Waals surface area contributed by atoms with Crippen LogP contribution in [0.15, 0.2) is 47.4 Å². The highest BCUT2D eigenvalue weighted by molar-refractivity contribution is 7.98. The van der Waals surface area contributed by atoms with Gasteiger partial charge in [0, 0.05) is 4.90 Å². The fourth-order valence-electron chi connectivity index (χ4n) is 1.91. The lowest BCUT2D eigenvalue weighted by Crippen LogP contribution is -2.09. The fourth-order valence-corrected chi connectivity index (χ4v) is 2.48. The smallest absolute Gasteiger partial charge is 0.354 e. The largest absolute Gasteiger partial charge is 0.418 e. The summed E-state index contributed by atoms with van der Waals surface area (Å²) in [6.07, 6.45) is -2.64. The molecule has 0 aliphatic carbocycles. The van der Waals surface area contributed by atoms with E-state index in [4.69, 9.17) is 0 Å². The van der Waals surface area contributed by atoms with Crippen LogP contribution in [0.1, 0.15) is 11.1 Å². The maximum Gasteiger partial charge on any atom is 0.418 e. The number of benzene rings is 2. The van der Waals surface area contributed by atoms with E-state index >= 15 is 0 Å². The summed E-state index contributed by atoms with van der Waals surface area (Å²) in [5, 5.41) is 11.9. The molecular weight excluding hydrogens is 297 g/mol. The Morgan fingerprint density at radius 1 is 1.05 bits per heavy atom. The van der Waals surface area contributed by atoms with Gasteiger partial charge in [-0.15, -0.1) is 11.8 Å². The third-order valence-corrected chi connectivity index (χ3v) is 3.64. The Balaban J connectivity index is 2.48. The number of nitrogens with zero attached hydrogens (tertiary/aromatic N) is 1. The maximum atomic E-state index is 13.0. The monoisotopic (exact) mass is 308 g/mol. The van der Waals surface area contributed by atoms with Gasteiger partial charge in [-0.05, 0) is 30.5 Å². The minimum Gasteiger partial charge on any atom is -0.354 e. The SMILES string of the molecule is CSc1cccc(Nc2ccccc2C(F)(F)F)c1C#N. The van der Waals surface area contributed by atoms with Crippen LogP contribution >= 0.6 is 11.8 Å². The van der Waals surface area contributed by atoms with Crippen molar-refractivity contribution in [3.63, 3.8) is 0 Å². The predicted molar refractivity (Wildman–Crippen MR) is 77.7 cm³/mol. The lowest BCUT2D eigenvalue weighted by molar-refractivity contribution is -0.136. The molecule has 108 valence electrons. The molecule has 2 aromatic rings. The van der Waals surface area contributed by atoms with Crippen LogP contribution in [0.3, 0.4) is 0 Å². The van der Waals surface area contributed by atoms with Gasteiger partial charge in [-0.1, -0.05) is 18.2 Å². The van der Waals surface area contributed by atoms with Gasteiger partial charge in [-0.25, -0.2) is 0 Å². The first-order chi connectivity index (χ1) is 9.97. The Morgan fingerprint density at radius 2 is 1.71 bits per heavy atom. The molecule has 2 rings (SSSR count). The van der Waals surface area contributed by atoms with Crippen LogP contribution in [-0.4, -0.2) is 6.26 Å². The topological polar surface area (TPSA) is 35.8 Å². The van der Waals surface area contributed by atoms with E-state index in [0.29, 0.717) is 16.1 Å². The zero-order valence-electron chi connectivity index (χ0n) is 11.0. The van der Waals surface area contributed by atoms with Crippen LogP contribution in [-0.2, 0) is 6.18 Å². The molecule has 1 N–H and O–H groups in total. The molecule has 2 nitrogen and oxygen atoms in total. The number of hydrogen-bond donors (Lipinski definition) is 1. The van der Waals surface area contributed by atoms with Crippen LogP contribution in [0.5, 0.6) is 0 Å². The summed E-state index contributed by atoms with van der Waals surface area (Å²) in [6.45, 7) is 0. The van der Waals surface area contributed by atoms with Crippen molar-refractivity contribution in [2.75, 3.05) is 11.6 Å². The summed E-state index contributed by atoms with van der Waals surface area (Å²) in [5.74, 6) is 0. The van der Waals surface area contributed by atoms with E-state index in [2.05, 4.69) is 5.32 Å². The standard InChI is InChI=1S/C15H11F3N2S/c1-21-14-8-4-7-12(10(14)9-19)20-13-6-3-2-5-11(13)15(16,17)18/h2-8,20H,1H3. The first-order valence-corrected chi connectivity index (χ1v) is 7.20. The predicted octanol–water partition coefficient (Wildman–Crippen LogP) is 5.04. The van der Waals surface area contributed by atoms with Crippen molar-refractivity contribution in [1.82, 2.24) is 0 Å². The number of anilines is 2. The van der Waals surface area contributed by atoms with Crippen molar-refractivity contribution in [3.8, 4) is 6.07 Å². The van der Waals surface area contributed by atoms with Gasteiger partial charge < -0.3 is 5.32 Å². The van der Waals surface area contributed by atoms with E-state index in [1.54, 1.807) is 18.2 Å². The van der Waals surface area contributed by atoms with Crippen molar-refractivity contribution in [2.24, 2.45) is 0 Å². The van der Waals surface area contributed by atoms with Gasteiger partial charge in [0.25, 0.3) is 0 Å². The molecule has 0 aliphatic rings. The van der Waals surface area contributed by atoms with Crippen LogP contribution in [0.25, 0.3) is 0 Å². The van der Waals surface area contributed by atoms with Crippen LogP contribution in [0.4, 0.5) is 24.5 Å². The number of nitriles is 1. The Morgan fingerprint density at radius 3 is 2.33 bits per heavy atom. The molecule has 0 aromatic heterocycles. The summed E-state index contributed by atoms with van der Waals surface area (Å²) >= 11 is 1.37. The Labute approximate surface area is 124 Å². The van der Waals surface area contributed by atoms with Gasteiger partial charge in [0.05, 0.1) is 22.5 Å². The van der Waals surface area contributed by atoms with E-state index in [1.165, 1.54) is 30.0 Å². The van der Waals surface area contributed by atoms with Gasteiger partial charge in [-0.3, -0.25) is 0 Å². The molecule has 0 bridgehead atoms. The zero-order chi connectivity index (χ0) is 15.5. The lowest BCUT2D eigenvalue weighted by atomic mass is 10.1. The quantitative estimate of drug-likeness (QED) is 0.807. The summed E-state index contributed by atoms with van der Waals surface area (Å²) in [4.78, 5) is 0.715. The van der Waals surface area contributed by atoms with Crippen LogP contribution in [0, 0.1) is 11.3 Å². The molecule has 0 atom stereocenters. The van der Waals surface area contributed by atoms with Crippen molar-refractivity contribution in [1.29, 1.82) is 5.26 Å². The Hall–Kier alpha value is -2.13. The van der Waals surface area contributed by atoms with E-state index in [9.17, 15) is 18.4 Å². The highest BCUT2D eigenvalue weighted by Crippen LogP contribution is 2.37. The number of alkyl halides is 3. The number of rotatable bonds is 3. The maximum absolute atomic E-state index is 13.0. The van der Waals surface area contributed by atoms with Crippen molar-refractivity contribution in [3.05, 3.63) is 53.6 Å². The molecule has 21 heavy (non-hydrogen) atoms. The first-order valence-electron chi connectivity index (χ1n) is 5.97. The number of nitrogens with one attached hydrogen (secondary N) is 1. The summed E-state index contributed by atoms with van der Waals surface area (Å²) < 4.78 is 38.9. The highest BCUT2D eigenvalue weighted by atomic mass is 32.2. The second-order valence-electron chi connectivity index (χ2n) is 4.16. The van der Waals surface area contributed by atoms with Crippen LogP contribution < -0.4 is 5.32 Å². The molecule has 0 heterocycles. The van der Waals surface area contributed by atoms with Crippen molar-refractivity contribution in [2.45, 2.75) is 11.1 Å². The normalized spacial score (nSPS) is 11.0. The summed E-state index contributed by atoms with van der Waals surface area (Å²) in [7, 11) is 0. The lowest BCUT2D eigenvalue weighted by Gasteiger charge is -2.15. The van der Waals surface area contributed by atoms with Crippen LogP contribution in [0.2, 0.25) is 0 Å². The van der Waals surface area contributed by atoms with Crippen molar-refractivity contribution < 1.29 is 13.2 Å². The molecule has 0 amide bonds. The number of thioether (sulfide) groups is 1. The Kier molecular flexibility index (Phi) is 4.43. The van der Waals surface area contributed by atoms with Crippen molar-refractivity contribution >= 4 is 23.1 Å². The molecule has 0 unspecified atom stereocenters. The second kappa shape index (κ2) is 6.10. The van der Waals surface area contributed by atoms with Gasteiger partial charge in [-0.2, -0.15) is 18.4 Å². The molecule has 2 aromatic carbocycles. The molecule has 0 spiro atoms. The van der Waals surface area contributed by atoms with Gasteiger partial charge >= 0.3 is 6.18 Å². The minimum absolute atomic E-state index is 0.0697. The zero-order valence-corrected chi connectivity index (χ0v) is 11.8. The molecule has 0 saturated carbocycles. The number of hydrogen-bond acceptors (Lipinski definition) is 3. The second-order valence-corrected chi connectivity index (χ2v) is 5.01. The minimum atomic E-state index is -4.45. The molecule has 6 heteroatoms. The average Bonchev–Trinajstić information content (AvgIpc) is 2.46. The average molecular weight is 308 g/mol. The highest BCUT2D eigenvalue weighted by Gasteiger charge is 2.33. The van der Waals surface area contributed by atoms with E-state index in [1.807, 2.05) is 12.3 Å². The third kappa shape index (κ3) is 3.31. The molecular formula is C15H11F3N2S. The molecule has 0 saturated heterocycles. The number of para-hydroxylation sites is 1. The van der Waals surface area contributed by atoms with Gasteiger partial charge in [0.15, 0.2) is 0 Å². The van der Waals surface area contributed by atoms with Gasteiger partial charge in [0.1, 0.15) is 6.07 Å². The molecule has 0 aliphatic heterocycles. The molecule has 0 fully saturated rings. The van der Waals surface area contributed by atoms with Gasteiger partial charge in [0.2, 0.25) is 0 Å². The summed E-state index contributed by atoms with van der Waals surface area (Å²) in [5.41, 5.74) is -0.133. The molecule has 0 radical (unpaired) electrons. The Bertz CT molecular complexity index is 690. The number of halogens is 3. The third-order valence-electron chi connectivity index (χ3n) is 2.86. The van der Waals surface area contributed by atoms with E-state index < -0.39 is 11.7 Å². The van der Waals surface area contributed by atoms with E-state index in [0.717, 1.165) is 6.07 Å². The fraction of sp³-hybridized carbons (Fsp3) is 0.133. The van der Waals surface area contributed by atoms with E-state index in [-0.39, 0.29) is 5.69 Å². The summed E-state index contributed by atoms with van der Waals surface area (Å²) in [6, 6.07) is 12.3.